The lowest BCUT2D eigenvalue weighted by Gasteiger charge is -2.18. The molecule has 1 aromatic carbocycles. The van der Waals surface area contributed by atoms with Gasteiger partial charge >= 0.3 is 0 Å². The number of ether oxygens (including phenoxy) is 1. The zero-order valence-electron chi connectivity index (χ0n) is 10.9. The zero-order chi connectivity index (χ0) is 12.0. The van der Waals surface area contributed by atoms with Crippen molar-refractivity contribution >= 4 is 0 Å². The van der Waals surface area contributed by atoms with Crippen molar-refractivity contribution in [3.8, 4) is 5.75 Å². The second kappa shape index (κ2) is 6.54. The Morgan fingerprint density at radius 2 is 1.75 bits per heavy atom. The van der Waals surface area contributed by atoms with Crippen molar-refractivity contribution < 1.29 is 4.74 Å². The lowest BCUT2D eigenvalue weighted by atomic mass is 10.1. The maximum absolute atomic E-state index is 5.73. The Hall–Kier alpha value is -1.02. The smallest absolute Gasteiger partial charge is 0.119 e. The van der Waals surface area contributed by atoms with Crippen molar-refractivity contribution in [3.63, 3.8) is 0 Å². The zero-order valence-corrected chi connectivity index (χ0v) is 10.9. The molecule has 0 bridgehead atoms. The molecule has 2 nitrogen and oxygen atoms in total. The Labute approximate surface area is 99.2 Å². The van der Waals surface area contributed by atoms with E-state index in [4.69, 9.17) is 4.74 Å². The molecule has 16 heavy (non-hydrogen) atoms. The monoisotopic (exact) mass is 221 g/mol. The second-order valence-electron chi connectivity index (χ2n) is 4.12. The molecule has 0 atom stereocenters. The first-order chi connectivity index (χ1) is 7.67. The lowest BCUT2D eigenvalue weighted by molar-refractivity contribution is 0.222. The molecule has 1 aromatic rings. The predicted octanol–water partition coefficient (Wildman–Crippen LogP) is 3.02. The van der Waals surface area contributed by atoms with Crippen LogP contribution in [0.1, 0.15) is 25.0 Å². The van der Waals surface area contributed by atoms with Crippen molar-refractivity contribution in [1.29, 1.82) is 0 Å². The third-order valence-corrected chi connectivity index (χ3v) is 3.05. The number of hydrogen-bond donors (Lipinski definition) is 0. The third-order valence-electron chi connectivity index (χ3n) is 3.05. The molecule has 0 saturated carbocycles. The van der Waals surface area contributed by atoms with Crippen molar-refractivity contribution in [1.82, 2.24) is 4.90 Å². The summed E-state index contributed by atoms with van der Waals surface area (Å²) in [5.41, 5.74) is 2.61. The molecular weight excluding hydrogens is 198 g/mol. The maximum atomic E-state index is 5.73. The first-order valence-corrected chi connectivity index (χ1v) is 6.09. The second-order valence-corrected chi connectivity index (χ2v) is 4.12. The first-order valence-electron chi connectivity index (χ1n) is 6.09. The van der Waals surface area contributed by atoms with Crippen LogP contribution in [0.15, 0.2) is 18.2 Å². The van der Waals surface area contributed by atoms with E-state index >= 15 is 0 Å². The minimum Gasteiger partial charge on any atom is -0.492 e. The molecule has 0 amide bonds. The average Bonchev–Trinajstić information content (AvgIpc) is 2.29. The van der Waals surface area contributed by atoms with Crippen molar-refractivity contribution in [2.45, 2.75) is 27.7 Å². The van der Waals surface area contributed by atoms with E-state index in [1.54, 1.807) is 0 Å². The minimum atomic E-state index is 0.768. The lowest BCUT2D eigenvalue weighted by Crippen LogP contribution is -2.27. The van der Waals surface area contributed by atoms with Crippen LogP contribution in [0.5, 0.6) is 5.75 Å². The molecule has 0 spiro atoms. The Bertz CT molecular complexity index is 319. The van der Waals surface area contributed by atoms with Gasteiger partial charge < -0.3 is 9.64 Å². The van der Waals surface area contributed by atoms with Gasteiger partial charge in [-0.3, -0.25) is 0 Å². The number of rotatable bonds is 6. The van der Waals surface area contributed by atoms with Crippen LogP contribution < -0.4 is 4.74 Å². The molecular formula is C14H23NO. The van der Waals surface area contributed by atoms with E-state index in [1.807, 2.05) is 6.07 Å². The standard InChI is InChI=1S/C14H23NO/c1-5-15(6-2)9-10-16-14-8-7-12(3)13(4)11-14/h7-8,11H,5-6,9-10H2,1-4H3. The van der Waals surface area contributed by atoms with Gasteiger partial charge in [0.15, 0.2) is 0 Å². The summed E-state index contributed by atoms with van der Waals surface area (Å²) in [6.45, 7) is 12.5. The Morgan fingerprint density at radius 3 is 2.31 bits per heavy atom. The number of benzene rings is 1. The Kier molecular flexibility index (Phi) is 5.33. The number of hydrogen-bond acceptors (Lipinski definition) is 2. The van der Waals surface area contributed by atoms with Gasteiger partial charge in [0.25, 0.3) is 0 Å². The van der Waals surface area contributed by atoms with Crippen LogP contribution in [0.3, 0.4) is 0 Å². The van der Waals surface area contributed by atoms with Gasteiger partial charge in [-0.2, -0.15) is 0 Å². The summed E-state index contributed by atoms with van der Waals surface area (Å²) in [5, 5.41) is 0. The first kappa shape index (κ1) is 13.0. The van der Waals surface area contributed by atoms with E-state index in [2.05, 4.69) is 44.7 Å². The highest BCUT2D eigenvalue weighted by molar-refractivity contribution is 5.33. The van der Waals surface area contributed by atoms with Gasteiger partial charge in [-0.1, -0.05) is 19.9 Å². The fraction of sp³-hybridized carbons (Fsp3) is 0.571. The summed E-state index contributed by atoms with van der Waals surface area (Å²) in [5.74, 6) is 0.982. The normalized spacial score (nSPS) is 10.8. The van der Waals surface area contributed by atoms with Crippen LogP contribution in [0.2, 0.25) is 0 Å². The van der Waals surface area contributed by atoms with E-state index in [9.17, 15) is 0 Å². The van der Waals surface area contributed by atoms with Crippen molar-refractivity contribution in [3.05, 3.63) is 29.3 Å². The molecule has 1 rings (SSSR count). The van der Waals surface area contributed by atoms with E-state index in [0.717, 1.165) is 32.0 Å². The van der Waals surface area contributed by atoms with E-state index in [1.165, 1.54) is 11.1 Å². The van der Waals surface area contributed by atoms with Crippen LogP contribution >= 0.6 is 0 Å². The average molecular weight is 221 g/mol. The molecule has 0 fully saturated rings. The largest absolute Gasteiger partial charge is 0.492 e. The molecule has 2 heteroatoms. The molecule has 0 aliphatic rings. The summed E-state index contributed by atoms with van der Waals surface area (Å²) in [4.78, 5) is 2.36. The van der Waals surface area contributed by atoms with Crippen LogP contribution in [0.25, 0.3) is 0 Å². The van der Waals surface area contributed by atoms with Crippen molar-refractivity contribution in [2.24, 2.45) is 0 Å². The summed E-state index contributed by atoms with van der Waals surface area (Å²) < 4.78 is 5.73. The summed E-state index contributed by atoms with van der Waals surface area (Å²) in [7, 11) is 0. The van der Waals surface area contributed by atoms with Gasteiger partial charge in [0.1, 0.15) is 12.4 Å². The molecule has 0 saturated heterocycles. The Balaban J connectivity index is 2.40. The van der Waals surface area contributed by atoms with Crippen LogP contribution in [0, 0.1) is 13.8 Å². The molecule has 0 aliphatic carbocycles. The summed E-state index contributed by atoms with van der Waals surface area (Å²) in [6, 6.07) is 6.27. The highest BCUT2D eigenvalue weighted by Crippen LogP contribution is 2.16. The van der Waals surface area contributed by atoms with Gasteiger partial charge in [-0.15, -0.1) is 0 Å². The van der Waals surface area contributed by atoms with Gasteiger partial charge in [-0.05, 0) is 50.2 Å². The number of likely N-dealkylation sites (N-methyl/N-ethyl adjacent to an activating group) is 1. The molecule has 0 unspecified atom stereocenters. The van der Waals surface area contributed by atoms with Crippen LogP contribution in [-0.2, 0) is 0 Å². The van der Waals surface area contributed by atoms with E-state index in [0.29, 0.717) is 0 Å². The van der Waals surface area contributed by atoms with E-state index in [-0.39, 0.29) is 0 Å². The predicted molar refractivity (Wildman–Crippen MR) is 69.2 cm³/mol. The van der Waals surface area contributed by atoms with Gasteiger partial charge in [0, 0.05) is 6.54 Å². The fourth-order valence-corrected chi connectivity index (χ4v) is 1.64. The topological polar surface area (TPSA) is 12.5 Å². The summed E-state index contributed by atoms with van der Waals surface area (Å²) >= 11 is 0. The minimum absolute atomic E-state index is 0.768. The maximum Gasteiger partial charge on any atom is 0.119 e. The SMILES string of the molecule is CCN(CC)CCOc1ccc(C)c(C)c1. The number of nitrogens with zero attached hydrogens (tertiary/aromatic N) is 1. The molecule has 0 aromatic heterocycles. The van der Waals surface area contributed by atoms with Crippen LogP contribution in [0.4, 0.5) is 0 Å². The Morgan fingerprint density at radius 1 is 1.06 bits per heavy atom. The number of aryl methyl sites for hydroxylation is 2. The highest BCUT2D eigenvalue weighted by Gasteiger charge is 2.00. The third kappa shape index (κ3) is 3.86. The highest BCUT2D eigenvalue weighted by atomic mass is 16.5. The van der Waals surface area contributed by atoms with Gasteiger partial charge in [0.2, 0.25) is 0 Å². The molecule has 0 radical (unpaired) electrons. The van der Waals surface area contributed by atoms with E-state index < -0.39 is 0 Å². The summed E-state index contributed by atoms with van der Waals surface area (Å²) in [6.07, 6.45) is 0. The molecule has 0 N–H and O–H groups in total. The molecule has 90 valence electrons. The van der Waals surface area contributed by atoms with Crippen molar-refractivity contribution in [2.75, 3.05) is 26.2 Å². The quantitative estimate of drug-likeness (QED) is 0.732. The van der Waals surface area contributed by atoms with Gasteiger partial charge in [0.05, 0.1) is 0 Å². The molecule has 0 aliphatic heterocycles. The van der Waals surface area contributed by atoms with Crippen LogP contribution in [-0.4, -0.2) is 31.1 Å². The van der Waals surface area contributed by atoms with Gasteiger partial charge in [-0.25, -0.2) is 0 Å². The fourth-order valence-electron chi connectivity index (χ4n) is 1.64. The molecule has 0 heterocycles.